The highest BCUT2D eigenvalue weighted by atomic mass is 32.1. The molecule has 1 aliphatic rings. The molecule has 0 aromatic carbocycles. The lowest BCUT2D eigenvalue weighted by molar-refractivity contribution is 0.756. The lowest BCUT2D eigenvalue weighted by Gasteiger charge is -2.18. The van der Waals surface area contributed by atoms with E-state index in [-0.39, 0.29) is 0 Å². The third kappa shape index (κ3) is 3.01. The number of aromatic amines is 1. The van der Waals surface area contributed by atoms with Crippen LogP contribution in [0.15, 0.2) is 6.20 Å². The number of anilines is 1. The topological polar surface area (TPSA) is 79.4 Å². The molecule has 3 heterocycles. The molecular weight excluding hydrogens is 332 g/mol. The van der Waals surface area contributed by atoms with Gasteiger partial charge in [-0.15, -0.1) is 10.2 Å². The number of rotatable bonds is 5. The standard InChI is InChI=1S/C18H24N6S/c1-4-13-14(18-24-23-17(25-18)10(2)3)15(20-11-7-5-6-8-11)12-9-19-22-16(12)21-13/h9-11H,4-8H2,1-3H3,(H2,19,20,21,22). The molecule has 0 spiro atoms. The Kier molecular flexibility index (Phi) is 4.41. The first-order valence-corrected chi connectivity index (χ1v) is 9.95. The van der Waals surface area contributed by atoms with Gasteiger partial charge >= 0.3 is 0 Å². The van der Waals surface area contributed by atoms with E-state index < -0.39 is 0 Å². The molecule has 3 aromatic rings. The second-order valence-corrected chi connectivity index (χ2v) is 8.03. The number of pyridine rings is 1. The highest BCUT2D eigenvalue weighted by molar-refractivity contribution is 7.14. The van der Waals surface area contributed by atoms with Crippen LogP contribution in [0, 0.1) is 0 Å². The van der Waals surface area contributed by atoms with Crippen molar-refractivity contribution in [3.63, 3.8) is 0 Å². The van der Waals surface area contributed by atoms with Crippen molar-refractivity contribution >= 4 is 28.1 Å². The first-order chi connectivity index (χ1) is 12.2. The summed E-state index contributed by atoms with van der Waals surface area (Å²) in [7, 11) is 0. The molecule has 3 aromatic heterocycles. The molecule has 132 valence electrons. The van der Waals surface area contributed by atoms with E-state index in [0.717, 1.165) is 44.4 Å². The summed E-state index contributed by atoms with van der Waals surface area (Å²) < 4.78 is 0. The number of aryl methyl sites for hydroxylation is 1. The lowest BCUT2D eigenvalue weighted by atomic mass is 10.1. The molecule has 0 bridgehead atoms. The molecule has 0 radical (unpaired) electrons. The van der Waals surface area contributed by atoms with Gasteiger partial charge in [0.2, 0.25) is 0 Å². The van der Waals surface area contributed by atoms with E-state index in [1.165, 1.54) is 25.7 Å². The van der Waals surface area contributed by atoms with Crippen LogP contribution < -0.4 is 5.32 Å². The van der Waals surface area contributed by atoms with Crippen molar-refractivity contribution in [3.05, 3.63) is 16.9 Å². The maximum absolute atomic E-state index is 4.80. The minimum absolute atomic E-state index is 0.383. The van der Waals surface area contributed by atoms with Crippen LogP contribution >= 0.6 is 11.3 Å². The van der Waals surface area contributed by atoms with Gasteiger partial charge in [0.25, 0.3) is 0 Å². The van der Waals surface area contributed by atoms with Crippen LogP contribution in [0.1, 0.15) is 63.1 Å². The molecule has 0 atom stereocenters. The molecule has 6 nitrogen and oxygen atoms in total. The lowest BCUT2D eigenvalue weighted by Crippen LogP contribution is -2.16. The predicted octanol–water partition coefficient (Wildman–Crippen LogP) is 4.52. The Morgan fingerprint density at radius 2 is 2.08 bits per heavy atom. The van der Waals surface area contributed by atoms with Crippen LogP contribution in [0.4, 0.5) is 5.69 Å². The van der Waals surface area contributed by atoms with Crippen molar-refractivity contribution < 1.29 is 0 Å². The minimum atomic E-state index is 0.383. The first kappa shape index (κ1) is 16.4. The molecule has 0 aliphatic heterocycles. The largest absolute Gasteiger partial charge is 0.381 e. The van der Waals surface area contributed by atoms with Gasteiger partial charge in [0.05, 0.1) is 28.5 Å². The zero-order chi connectivity index (χ0) is 17.4. The molecule has 4 rings (SSSR count). The SMILES string of the molecule is CCc1nc2[nH]ncc2c(NC2CCCC2)c1-c1nnc(C(C)C)s1. The number of hydrogen-bond acceptors (Lipinski definition) is 6. The summed E-state index contributed by atoms with van der Waals surface area (Å²) in [4.78, 5) is 4.80. The maximum atomic E-state index is 4.80. The summed E-state index contributed by atoms with van der Waals surface area (Å²) in [6.07, 6.45) is 7.74. The van der Waals surface area contributed by atoms with Crippen LogP contribution in [0.3, 0.4) is 0 Å². The zero-order valence-electron chi connectivity index (χ0n) is 15.0. The van der Waals surface area contributed by atoms with E-state index in [1.54, 1.807) is 11.3 Å². The summed E-state index contributed by atoms with van der Waals surface area (Å²) in [5.41, 5.74) is 4.11. The fourth-order valence-corrected chi connectivity index (χ4v) is 4.42. The summed E-state index contributed by atoms with van der Waals surface area (Å²) in [5.74, 6) is 0.383. The van der Waals surface area contributed by atoms with Crippen molar-refractivity contribution in [2.75, 3.05) is 5.32 Å². The highest BCUT2D eigenvalue weighted by Gasteiger charge is 2.24. The van der Waals surface area contributed by atoms with Gasteiger partial charge in [-0.25, -0.2) is 4.98 Å². The monoisotopic (exact) mass is 356 g/mol. The highest BCUT2D eigenvalue weighted by Crippen LogP contribution is 2.40. The van der Waals surface area contributed by atoms with Gasteiger partial charge in [-0.3, -0.25) is 5.10 Å². The summed E-state index contributed by atoms with van der Waals surface area (Å²) in [5, 5.41) is 23.0. The average Bonchev–Trinajstić information content (AvgIpc) is 3.35. The summed E-state index contributed by atoms with van der Waals surface area (Å²) >= 11 is 1.67. The third-order valence-electron chi connectivity index (χ3n) is 4.86. The van der Waals surface area contributed by atoms with Crippen LogP contribution in [0.5, 0.6) is 0 Å². The maximum Gasteiger partial charge on any atom is 0.157 e. The number of aromatic nitrogens is 5. The predicted molar refractivity (Wildman–Crippen MR) is 102 cm³/mol. The number of nitrogens with one attached hydrogen (secondary N) is 2. The van der Waals surface area contributed by atoms with Crippen molar-refractivity contribution in [2.45, 2.75) is 64.8 Å². The van der Waals surface area contributed by atoms with Crippen LogP contribution in [-0.4, -0.2) is 31.4 Å². The second kappa shape index (κ2) is 6.71. The molecule has 0 saturated heterocycles. The van der Waals surface area contributed by atoms with E-state index in [0.29, 0.717) is 12.0 Å². The van der Waals surface area contributed by atoms with Crippen molar-refractivity contribution in [3.8, 4) is 10.6 Å². The van der Waals surface area contributed by atoms with Gasteiger partial charge in [-0.1, -0.05) is 44.9 Å². The van der Waals surface area contributed by atoms with Gasteiger partial charge in [0.15, 0.2) is 10.7 Å². The fourth-order valence-electron chi connectivity index (χ4n) is 3.50. The van der Waals surface area contributed by atoms with E-state index in [1.807, 2.05) is 6.20 Å². The first-order valence-electron chi connectivity index (χ1n) is 9.13. The van der Waals surface area contributed by atoms with Gasteiger partial charge in [0, 0.05) is 12.0 Å². The summed E-state index contributed by atoms with van der Waals surface area (Å²) in [6.45, 7) is 6.44. The van der Waals surface area contributed by atoms with Crippen LogP contribution in [0.25, 0.3) is 21.6 Å². The minimum Gasteiger partial charge on any atom is -0.381 e. The third-order valence-corrected chi connectivity index (χ3v) is 6.10. The molecule has 0 amide bonds. The Morgan fingerprint density at radius 3 is 2.76 bits per heavy atom. The number of nitrogens with zero attached hydrogens (tertiary/aromatic N) is 4. The number of H-pyrrole nitrogens is 1. The van der Waals surface area contributed by atoms with E-state index in [9.17, 15) is 0 Å². The van der Waals surface area contributed by atoms with Gasteiger partial charge in [-0.2, -0.15) is 5.10 Å². The number of fused-ring (bicyclic) bond motifs is 1. The normalized spacial score (nSPS) is 15.5. The molecule has 1 aliphatic carbocycles. The Morgan fingerprint density at radius 1 is 1.28 bits per heavy atom. The van der Waals surface area contributed by atoms with Crippen LogP contribution in [0.2, 0.25) is 0 Å². The molecule has 7 heteroatoms. The molecule has 0 unspecified atom stereocenters. The molecular formula is C18H24N6S. The second-order valence-electron chi connectivity index (χ2n) is 7.02. The molecule has 1 saturated carbocycles. The number of hydrogen-bond donors (Lipinski definition) is 2. The average molecular weight is 356 g/mol. The Bertz CT molecular complexity index is 875. The molecule has 1 fully saturated rings. The van der Waals surface area contributed by atoms with E-state index >= 15 is 0 Å². The molecule has 2 N–H and O–H groups in total. The Hall–Kier alpha value is -2.02. The van der Waals surface area contributed by atoms with Gasteiger partial charge in [-0.05, 0) is 19.3 Å². The fraction of sp³-hybridized carbons (Fsp3) is 0.556. The van der Waals surface area contributed by atoms with Gasteiger partial charge in [0.1, 0.15) is 5.01 Å². The van der Waals surface area contributed by atoms with E-state index in [4.69, 9.17) is 4.98 Å². The zero-order valence-corrected chi connectivity index (χ0v) is 15.8. The van der Waals surface area contributed by atoms with Gasteiger partial charge < -0.3 is 5.32 Å². The Labute approximate surface area is 151 Å². The van der Waals surface area contributed by atoms with Crippen molar-refractivity contribution in [1.29, 1.82) is 0 Å². The molecule has 25 heavy (non-hydrogen) atoms. The smallest absolute Gasteiger partial charge is 0.157 e. The quantitative estimate of drug-likeness (QED) is 0.703. The van der Waals surface area contributed by atoms with Crippen LogP contribution in [-0.2, 0) is 6.42 Å². The van der Waals surface area contributed by atoms with Crippen molar-refractivity contribution in [1.82, 2.24) is 25.4 Å². The van der Waals surface area contributed by atoms with Crippen molar-refractivity contribution in [2.24, 2.45) is 0 Å². The summed E-state index contributed by atoms with van der Waals surface area (Å²) in [6, 6.07) is 0.515. The Balaban J connectivity index is 1.89. The van der Waals surface area contributed by atoms with E-state index in [2.05, 4.69) is 46.5 Å².